The monoisotopic (exact) mass is 864 g/mol. The smallest absolute Gasteiger partial charge is 0.120 e. The van der Waals surface area contributed by atoms with Gasteiger partial charge in [-0.3, -0.25) is 9.97 Å². The first kappa shape index (κ1) is 33.0. The van der Waals surface area contributed by atoms with Crippen molar-refractivity contribution in [3.8, 4) is 28.3 Å². The average molecular weight is 864 g/mol. The van der Waals surface area contributed by atoms with Crippen LogP contribution in [0.1, 0.15) is 86.7 Å². The Balaban J connectivity index is 0.000000254. The number of fused-ring (bicyclic) bond motifs is 4. The summed E-state index contributed by atoms with van der Waals surface area (Å²) in [6.45, 7) is 13.7. The molecule has 0 fully saturated rings. The first-order chi connectivity index (χ1) is 25.7. The van der Waals surface area contributed by atoms with Crippen LogP contribution in [0.5, 0.6) is 0 Å². The van der Waals surface area contributed by atoms with Crippen molar-refractivity contribution in [1.29, 1.82) is 0 Å². The van der Waals surface area contributed by atoms with Crippen molar-refractivity contribution in [3.05, 3.63) is 144 Å². The first-order valence-corrected chi connectivity index (χ1v) is 17.5. The third kappa shape index (κ3) is 6.98. The van der Waals surface area contributed by atoms with Gasteiger partial charge in [0.1, 0.15) is 5.58 Å². The Hall–Kier alpha value is -4.90. The minimum Gasteiger partial charge on any atom is -0.501 e. The van der Waals surface area contributed by atoms with Crippen molar-refractivity contribution < 1.29 is 28.6 Å². The van der Waals surface area contributed by atoms with Crippen LogP contribution in [0.25, 0.3) is 61.3 Å². The van der Waals surface area contributed by atoms with E-state index in [0.29, 0.717) is 11.8 Å². The van der Waals surface area contributed by atoms with Crippen LogP contribution in [0.2, 0.25) is 0 Å². The standard InChI is InChI=1S/C34H34N3O.C12H10N.Ir/c1-20(2)22-13-10-14-23(21(3)4)30(22)37-31-27(34(5,6)7)18-35-19-28(31)36-33(37)26-16-11-15-25-24-12-8-9-17-29(24)38-32(25)26;1-10-7-8-12(13-9-10)11-5-3-2-4-6-11;/h8-15,17-21H,1-7H3;2-5,7-9H,1H3;/q2*-1;/i;1D3;. The molecule has 265 valence electrons. The van der Waals surface area contributed by atoms with E-state index in [1.54, 1.807) is 18.2 Å². The second-order valence-corrected chi connectivity index (χ2v) is 14.6. The van der Waals surface area contributed by atoms with E-state index in [1.807, 2.05) is 48.8 Å². The number of rotatable bonds is 5. The van der Waals surface area contributed by atoms with Crippen LogP contribution < -0.4 is 0 Å². The van der Waals surface area contributed by atoms with Crippen LogP contribution in [0, 0.1) is 19.0 Å². The molecule has 4 aromatic carbocycles. The Morgan fingerprint density at radius 3 is 2.17 bits per heavy atom. The van der Waals surface area contributed by atoms with E-state index in [2.05, 4.69) is 112 Å². The molecular formula is C46H44IrN4O-2. The molecule has 0 aliphatic carbocycles. The van der Waals surface area contributed by atoms with Gasteiger partial charge in [0.05, 0.1) is 28.6 Å². The number of aryl methyl sites for hydroxylation is 1. The Labute approximate surface area is 324 Å². The second kappa shape index (κ2) is 15.0. The number of furan rings is 1. The molecule has 0 atom stereocenters. The van der Waals surface area contributed by atoms with Crippen molar-refractivity contribution in [1.82, 2.24) is 19.5 Å². The third-order valence-corrected chi connectivity index (χ3v) is 9.24. The number of pyridine rings is 2. The van der Waals surface area contributed by atoms with E-state index in [0.717, 1.165) is 55.6 Å². The summed E-state index contributed by atoms with van der Waals surface area (Å²) < 4.78 is 30.6. The Morgan fingerprint density at radius 1 is 0.769 bits per heavy atom. The molecule has 8 aromatic rings. The summed E-state index contributed by atoms with van der Waals surface area (Å²) in [4.78, 5) is 14.0. The predicted molar refractivity (Wildman–Crippen MR) is 211 cm³/mol. The van der Waals surface area contributed by atoms with Crippen LogP contribution in [0.15, 0.2) is 114 Å². The van der Waals surface area contributed by atoms with Gasteiger partial charge < -0.3 is 14.0 Å². The molecule has 0 aliphatic rings. The molecule has 0 unspecified atom stereocenters. The van der Waals surface area contributed by atoms with E-state index in [-0.39, 0.29) is 31.1 Å². The molecule has 0 saturated carbocycles. The molecule has 4 heterocycles. The van der Waals surface area contributed by atoms with Crippen LogP contribution in [0.3, 0.4) is 0 Å². The van der Waals surface area contributed by atoms with Gasteiger partial charge in [-0.2, -0.15) is 0 Å². The number of aromatic nitrogens is 4. The molecule has 52 heavy (non-hydrogen) atoms. The van der Waals surface area contributed by atoms with Gasteiger partial charge in [0, 0.05) is 53.2 Å². The minimum absolute atomic E-state index is 0. The zero-order valence-electron chi connectivity index (χ0n) is 33.6. The maximum absolute atomic E-state index is 7.23. The van der Waals surface area contributed by atoms with Gasteiger partial charge in [-0.15, -0.1) is 54.1 Å². The van der Waals surface area contributed by atoms with E-state index in [9.17, 15) is 0 Å². The molecular weight excluding hydrogens is 817 g/mol. The molecule has 8 rings (SSSR count). The number of hydrogen-bond donors (Lipinski definition) is 0. The summed E-state index contributed by atoms with van der Waals surface area (Å²) in [5, 5.41) is 2.17. The molecule has 0 N–H and O–H groups in total. The van der Waals surface area contributed by atoms with E-state index in [1.165, 1.54) is 28.6 Å². The average Bonchev–Trinajstić information content (AvgIpc) is 3.73. The van der Waals surface area contributed by atoms with E-state index >= 15 is 0 Å². The quantitative estimate of drug-likeness (QED) is 0.162. The summed E-state index contributed by atoms with van der Waals surface area (Å²) in [7, 11) is 0. The second-order valence-electron chi connectivity index (χ2n) is 14.6. The fraction of sp³-hybridized carbons (Fsp3) is 0.239. The molecule has 0 amide bonds. The third-order valence-electron chi connectivity index (χ3n) is 9.24. The molecule has 5 nitrogen and oxygen atoms in total. The van der Waals surface area contributed by atoms with Crippen molar-refractivity contribution in [3.63, 3.8) is 0 Å². The van der Waals surface area contributed by atoms with Crippen LogP contribution in [0.4, 0.5) is 0 Å². The van der Waals surface area contributed by atoms with Gasteiger partial charge in [-0.25, -0.2) is 0 Å². The zero-order chi connectivity index (χ0) is 38.4. The van der Waals surface area contributed by atoms with Crippen molar-refractivity contribution in [2.45, 2.75) is 72.6 Å². The van der Waals surface area contributed by atoms with Gasteiger partial charge in [0.25, 0.3) is 0 Å². The van der Waals surface area contributed by atoms with Crippen molar-refractivity contribution >= 4 is 33.0 Å². The number of hydrogen-bond acceptors (Lipinski definition) is 4. The number of nitrogens with zero attached hydrogens (tertiary/aromatic N) is 4. The molecule has 0 bridgehead atoms. The van der Waals surface area contributed by atoms with Crippen LogP contribution in [-0.2, 0) is 25.5 Å². The number of imidazole rings is 1. The molecule has 0 spiro atoms. The minimum atomic E-state index is -2.09. The van der Waals surface area contributed by atoms with E-state index in [4.69, 9.17) is 13.5 Å². The Kier molecular flexibility index (Phi) is 9.50. The fourth-order valence-corrected chi connectivity index (χ4v) is 6.70. The summed E-state index contributed by atoms with van der Waals surface area (Å²) in [5.74, 6) is 1.50. The van der Waals surface area contributed by atoms with Crippen molar-refractivity contribution in [2.75, 3.05) is 0 Å². The van der Waals surface area contributed by atoms with Gasteiger partial charge in [0.2, 0.25) is 0 Å². The number of para-hydroxylation sites is 2. The molecule has 0 saturated heterocycles. The Morgan fingerprint density at radius 2 is 1.52 bits per heavy atom. The largest absolute Gasteiger partial charge is 0.501 e. The maximum Gasteiger partial charge on any atom is 0.120 e. The summed E-state index contributed by atoms with van der Waals surface area (Å²) in [5.41, 5.74) is 11.2. The van der Waals surface area contributed by atoms with Crippen LogP contribution >= 0.6 is 0 Å². The van der Waals surface area contributed by atoms with Gasteiger partial charge in [-0.1, -0.05) is 108 Å². The normalized spacial score (nSPS) is 12.8. The molecule has 4 aromatic heterocycles. The first-order valence-electron chi connectivity index (χ1n) is 19.0. The SMILES string of the molecule is CC(C)c1cccc(C(C)C)c1-n1c(-c2[c-]ccc3c2oc2ccccc23)nc2cncc(C(C)(C)C)c21.[2H]C([2H])([2H])c1ccc(-c2[c-]cccc2)nc1.[Ir]. The Bertz CT molecular complexity index is 2560. The van der Waals surface area contributed by atoms with E-state index < -0.39 is 6.85 Å². The van der Waals surface area contributed by atoms with Gasteiger partial charge in [-0.05, 0) is 52.6 Å². The number of benzene rings is 4. The van der Waals surface area contributed by atoms with Crippen LogP contribution in [-0.4, -0.2) is 19.5 Å². The molecule has 1 radical (unpaired) electrons. The molecule has 6 heteroatoms. The van der Waals surface area contributed by atoms with Gasteiger partial charge >= 0.3 is 0 Å². The maximum atomic E-state index is 7.23. The summed E-state index contributed by atoms with van der Waals surface area (Å²) in [6, 6.07) is 36.3. The predicted octanol–water partition coefficient (Wildman–Crippen LogP) is 12.2. The topological polar surface area (TPSA) is 56.7 Å². The zero-order valence-corrected chi connectivity index (χ0v) is 33.0. The van der Waals surface area contributed by atoms with Gasteiger partial charge in [0.15, 0.2) is 0 Å². The molecule has 0 aliphatic heterocycles. The summed E-state index contributed by atoms with van der Waals surface area (Å²) in [6.07, 6.45) is 5.28. The summed E-state index contributed by atoms with van der Waals surface area (Å²) >= 11 is 0. The van der Waals surface area contributed by atoms with Crippen molar-refractivity contribution in [2.24, 2.45) is 0 Å². The fourth-order valence-electron chi connectivity index (χ4n) is 6.70.